The molecule has 0 aliphatic heterocycles. The highest BCUT2D eigenvalue weighted by molar-refractivity contribution is 7.13. The Kier molecular flexibility index (Phi) is 4.10. The van der Waals surface area contributed by atoms with Crippen molar-refractivity contribution in [2.45, 2.75) is 57.8 Å². The molecule has 0 atom stereocenters. The molecule has 0 spiro atoms. The van der Waals surface area contributed by atoms with Gasteiger partial charge in [0.15, 0.2) is 5.78 Å². The van der Waals surface area contributed by atoms with Crippen molar-refractivity contribution >= 4 is 17.1 Å². The van der Waals surface area contributed by atoms with Gasteiger partial charge in [-0.05, 0) is 12.8 Å². The summed E-state index contributed by atoms with van der Waals surface area (Å²) in [6.45, 7) is 1.62. The van der Waals surface area contributed by atoms with Gasteiger partial charge in [0.25, 0.3) is 0 Å². The molecule has 0 saturated heterocycles. The minimum absolute atomic E-state index is 0.148. The molecule has 1 aliphatic carbocycles. The van der Waals surface area contributed by atoms with E-state index in [-0.39, 0.29) is 5.78 Å². The van der Waals surface area contributed by atoms with Crippen LogP contribution >= 0.6 is 11.3 Å². The fourth-order valence-corrected chi connectivity index (χ4v) is 3.32. The van der Waals surface area contributed by atoms with Gasteiger partial charge in [0.1, 0.15) is 0 Å². The lowest BCUT2D eigenvalue weighted by molar-refractivity contribution is 0.102. The molecule has 1 fully saturated rings. The topological polar surface area (TPSA) is 30.0 Å². The molecular formula is C13H19NOS. The summed E-state index contributed by atoms with van der Waals surface area (Å²) in [4.78, 5) is 16.5. The number of carbonyl (C=O) groups excluding carboxylic acids is 1. The van der Waals surface area contributed by atoms with Crippen molar-refractivity contribution in [3.8, 4) is 0 Å². The Bertz CT molecular complexity index is 351. The normalized spacial score (nSPS) is 19.1. The van der Waals surface area contributed by atoms with Gasteiger partial charge >= 0.3 is 0 Å². The Morgan fingerprint density at radius 3 is 2.44 bits per heavy atom. The van der Waals surface area contributed by atoms with Gasteiger partial charge < -0.3 is 0 Å². The molecule has 1 aromatic rings. The monoisotopic (exact) mass is 237 g/mol. The standard InChI is InChI=1S/C13H19NOS/c1-10(15)12-9-14-13(16-12)11-7-5-3-2-4-6-8-11/h9,11H,2-8H2,1H3. The van der Waals surface area contributed by atoms with E-state index in [1.54, 1.807) is 24.5 Å². The Hall–Kier alpha value is -0.700. The highest BCUT2D eigenvalue weighted by atomic mass is 32.1. The molecule has 88 valence electrons. The number of hydrogen-bond donors (Lipinski definition) is 0. The van der Waals surface area contributed by atoms with E-state index in [0.717, 1.165) is 4.88 Å². The number of thiazole rings is 1. The number of carbonyl (C=O) groups is 1. The van der Waals surface area contributed by atoms with Crippen LogP contribution in [0.5, 0.6) is 0 Å². The largest absolute Gasteiger partial charge is 0.294 e. The number of ketones is 1. The van der Waals surface area contributed by atoms with Crippen molar-refractivity contribution in [3.05, 3.63) is 16.1 Å². The molecule has 16 heavy (non-hydrogen) atoms. The quantitative estimate of drug-likeness (QED) is 0.722. The molecule has 1 heterocycles. The predicted octanol–water partition coefficient (Wildman–Crippen LogP) is 4.17. The lowest BCUT2D eigenvalue weighted by Crippen LogP contribution is -2.01. The first-order valence-electron chi connectivity index (χ1n) is 6.24. The summed E-state index contributed by atoms with van der Waals surface area (Å²) in [5, 5.41) is 1.19. The Morgan fingerprint density at radius 2 is 1.88 bits per heavy atom. The first-order valence-corrected chi connectivity index (χ1v) is 7.05. The van der Waals surface area contributed by atoms with Crippen LogP contribution in [0.3, 0.4) is 0 Å². The molecule has 0 aromatic carbocycles. The van der Waals surface area contributed by atoms with Gasteiger partial charge in [-0.2, -0.15) is 0 Å². The third kappa shape index (κ3) is 2.91. The van der Waals surface area contributed by atoms with Crippen LogP contribution in [-0.2, 0) is 0 Å². The van der Waals surface area contributed by atoms with Gasteiger partial charge in [-0.3, -0.25) is 4.79 Å². The van der Waals surface area contributed by atoms with E-state index in [1.165, 1.54) is 50.0 Å². The van der Waals surface area contributed by atoms with Crippen LogP contribution < -0.4 is 0 Å². The molecule has 0 bridgehead atoms. The lowest BCUT2D eigenvalue weighted by Gasteiger charge is -2.17. The van der Waals surface area contributed by atoms with E-state index in [4.69, 9.17) is 0 Å². The van der Waals surface area contributed by atoms with Crippen molar-refractivity contribution in [1.82, 2.24) is 4.98 Å². The Morgan fingerprint density at radius 1 is 1.25 bits per heavy atom. The van der Waals surface area contributed by atoms with Gasteiger partial charge in [0.2, 0.25) is 0 Å². The molecule has 0 N–H and O–H groups in total. The lowest BCUT2D eigenvalue weighted by atomic mass is 9.92. The Labute approximate surface area is 101 Å². The number of hydrogen-bond acceptors (Lipinski definition) is 3. The second-order valence-corrected chi connectivity index (χ2v) is 5.72. The minimum atomic E-state index is 0.148. The van der Waals surface area contributed by atoms with Crippen LogP contribution in [0.1, 0.15) is 72.5 Å². The summed E-state index contributed by atoms with van der Waals surface area (Å²) in [5.74, 6) is 0.757. The average Bonchev–Trinajstić information content (AvgIpc) is 2.66. The predicted molar refractivity (Wildman–Crippen MR) is 67.2 cm³/mol. The highest BCUT2D eigenvalue weighted by Gasteiger charge is 2.17. The van der Waals surface area contributed by atoms with E-state index in [0.29, 0.717) is 5.92 Å². The summed E-state index contributed by atoms with van der Waals surface area (Å²) in [7, 11) is 0. The summed E-state index contributed by atoms with van der Waals surface area (Å²) >= 11 is 1.60. The summed E-state index contributed by atoms with van der Waals surface area (Å²) in [5.41, 5.74) is 0. The zero-order chi connectivity index (χ0) is 11.4. The van der Waals surface area contributed by atoms with Crippen molar-refractivity contribution in [2.75, 3.05) is 0 Å². The maximum absolute atomic E-state index is 11.2. The van der Waals surface area contributed by atoms with Crippen LogP contribution in [0.4, 0.5) is 0 Å². The molecule has 0 radical (unpaired) electrons. The number of aromatic nitrogens is 1. The first-order chi connectivity index (χ1) is 7.77. The maximum atomic E-state index is 11.2. The molecule has 1 aliphatic rings. The van der Waals surface area contributed by atoms with Crippen LogP contribution in [-0.4, -0.2) is 10.8 Å². The molecule has 2 nitrogen and oxygen atoms in total. The van der Waals surface area contributed by atoms with E-state index < -0.39 is 0 Å². The van der Waals surface area contributed by atoms with Crippen molar-refractivity contribution < 1.29 is 4.79 Å². The van der Waals surface area contributed by atoms with E-state index in [2.05, 4.69) is 4.98 Å². The fraction of sp³-hybridized carbons (Fsp3) is 0.692. The smallest absolute Gasteiger partial charge is 0.171 e. The van der Waals surface area contributed by atoms with Crippen LogP contribution in [0, 0.1) is 0 Å². The Balaban J connectivity index is 2.05. The SMILES string of the molecule is CC(=O)c1cnc(C2CCCCCCC2)s1. The summed E-state index contributed by atoms with van der Waals surface area (Å²) < 4.78 is 0. The van der Waals surface area contributed by atoms with E-state index >= 15 is 0 Å². The molecule has 0 unspecified atom stereocenters. The zero-order valence-electron chi connectivity index (χ0n) is 9.87. The van der Waals surface area contributed by atoms with Gasteiger partial charge in [-0.1, -0.05) is 32.1 Å². The third-order valence-corrected chi connectivity index (χ3v) is 4.59. The van der Waals surface area contributed by atoms with Crippen molar-refractivity contribution in [1.29, 1.82) is 0 Å². The number of nitrogens with zero attached hydrogens (tertiary/aromatic N) is 1. The number of Topliss-reactive ketones (excluding diaryl/α,β-unsaturated/α-hetero) is 1. The van der Waals surface area contributed by atoms with E-state index in [9.17, 15) is 4.79 Å². The van der Waals surface area contributed by atoms with Gasteiger partial charge in [-0.15, -0.1) is 11.3 Å². The highest BCUT2D eigenvalue weighted by Crippen LogP contribution is 2.33. The number of rotatable bonds is 2. The molecule has 2 rings (SSSR count). The van der Waals surface area contributed by atoms with Crippen molar-refractivity contribution in [3.63, 3.8) is 0 Å². The minimum Gasteiger partial charge on any atom is -0.294 e. The van der Waals surface area contributed by atoms with Gasteiger partial charge in [0.05, 0.1) is 9.88 Å². The van der Waals surface area contributed by atoms with Gasteiger partial charge in [0, 0.05) is 19.0 Å². The van der Waals surface area contributed by atoms with Gasteiger partial charge in [-0.25, -0.2) is 4.98 Å². The van der Waals surface area contributed by atoms with Crippen molar-refractivity contribution in [2.24, 2.45) is 0 Å². The fourth-order valence-electron chi connectivity index (χ4n) is 2.34. The molecule has 3 heteroatoms. The molecule has 1 saturated carbocycles. The molecule has 1 aromatic heterocycles. The first kappa shape index (κ1) is 11.8. The summed E-state index contributed by atoms with van der Waals surface area (Å²) in [6.07, 6.45) is 11.0. The van der Waals surface area contributed by atoms with Crippen LogP contribution in [0.2, 0.25) is 0 Å². The van der Waals surface area contributed by atoms with Crippen LogP contribution in [0.25, 0.3) is 0 Å². The third-order valence-electron chi connectivity index (χ3n) is 3.32. The molecular weight excluding hydrogens is 218 g/mol. The average molecular weight is 237 g/mol. The van der Waals surface area contributed by atoms with E-state index in [1.807, 2.05) is 0 Å². The van der Waals surface area contributed by atoms with Crippen LogP contribution in [0.15, 0.2) is 6.20 Å². The molecule has 0 amide bonds. The maximum Gasteiger partial charge on any atom is 0.171 e. The second-order valence-electron chi connectivity index (χ2n) is 4.66. The second kappa shape index (κ2) is 5.58. The zero-order valence-corrected chi connectivity index (χ0v) is 10.7. The summed E-state index contributed by atoms with van der Waals surface area (Å²) in [6, 6.07) is 0.